The molecule has 0 saturated heterocycles. The summed E-state index contributed by atoms with van der Waals surface area (Å²) < 4.78 is 53.3. The Morgan fingerprint density at radius 1 is 1.29 bits per heavy atom. The van der Waals surface area contributed by atoms with E-state index in [4.69, 9.17) is 0 Å². The molecule has 0 radical (unpaired) electrons. The monoisotopic (exact) mass is 300 g/mol. The largest absolute Gasteiger partial charge is 0.419 e. The van der Waals surface area contributed by atoms with Crippen molar-refractivity contribution in [1.29, 1.82) is 0 Å². The SMILES string of the molecule is CCCn1nccc1C(=O)c1cccc(C(F)(F)F)c1F. The Bertz CT molecular complexity index is 661. The lowest BCUT2D eigenvalue weighted by atomic mass is 10.0. The fraction of sp³-hybridized carbons (Fsp3) is 0.286. The van der Waals surface area contributed by atoms with Gasteiger partial charge in [0.15, 0.2) is 0 Å². The number of carbonyl (C=O) groups is 1. The highest BCUT2D eigenvalue weighted by Crippen LogP contribution is 2.32. The van der Waals surface area contributed by atoms with E-state index in [1.807, 2.05) is 6.92 Å². The first-order valence-electron chi connectivity index (χ1n) is 6.28. The summed E-state index contributed by atoms with van der Waals surface area (Å²) in [6.45, 7) is 2.29. The smallest absolute Gasteiger partial charge is 0.287 e. The van der Waals surface area contributed by atoms with Crippen LogP contribution in [0.5, 0.6) is 0 Å². The Morgan fingerprint density at radius 3 is 2.62 bits per heavy atom. The van der Waals surface area contributed by atoms with Gasteiger partial charge in [-0.05, 0) is 24.6 Å². The molecule has 0 amide bonds. The molecule has 1 aromatic carbocycles. The van der Waals surface area contributed by atoms with Crippen LogP contribution in [0.2, 0.25) is 0 Å². The highest BCUT2D eigenvalue weighted by atomic mass is 19.4. The third-order valence-corrected chi connectivity index (χ3v) is 2.93. The Balaban J connectivity index is 2.47. The molecule has 0 aliphatic rings. The number of benzene rings is 1. The van der Waals surface area contributed by atoms with Gasteiger partial charge in [0.2, 0.25) is 5.78 Å². The van der Waals surface area contributed by atoms with E-state index in [2.05, 4.69) is 5.10 Å². The molecular formula is C14H12F4N2O. The van der Waals surface area contributed by atoms with Gasteiger partial charge in [0.25, 0.3) is 0 Å². The minimum Gasteiger partial charge on any atom is -0.287 e. The Morgan fingerprint density at radius 2 is 2.00 bits per heavy atom. The van der Waals surface area contributed by atoms with Gasteiger partial charge in [-0.3, -0.25) is 9.48 Å². The molecule has 2 aromatic rings. The van der Waals surface area contributed by atoms with Crippen molar-refractivity contribution >= 4 is 5.78 Å². The van der Waals surface area contributed by atoms with Crippen LogP contribution >= 0.6 is 0 Å². The lowest BCUT2D eigenvalue weighted by Gasteiger charge is -2.11. The number of hydrogen-bond donors (Lipinski definition) is 0. The summed E-state index contributed by atoms with van der Waals surface area (Å²) in [5, 5.41) is 3.90. The molecule has 3 nitrogen and oxygen atoms in total. The van der Waals surface area contributed by atoms with E-state index in [1.165, 1.54) is 16.9 Å². The summed E-state index contributed by atoms with van der Waals surface area (Å²) in [4.78, 5) is 12.2. The minimum atomic E-state index is -4.84. The van der Waals surface area contributed by atoms with Gasteiger partial charge < -0.3 is 0 Å². The Labute approximate surface area is 118 Å². The third-order valence-electron chi connectivity index (χ3n) is 2.93. The number of hydrogen-bond acceptors (Lipinski definition) is 2. The average Bonchev–Trinajstić information content (AvgIpc) is 2.85. The third kappa shape index (κ3) is 2.96. The van der Waals surface area contributed by atoms with Gasteiger partial charge in [-0.15, -0.1) is 0 Å². The van der Waals surface area contributed by atoms with Crippen LogP contribution < -0.4 is 0 Å². The quantitative estimate of drug-likeness (QED) is 0.637. The van der Waals surface area contributed by atoms with Crippen LogP contribution in [0.3, 0.4) is 0 Å². The molecule has 0 aliphatic carbocycles. The molecule has 2 rings (SSSR count). The molecule has 1 heterocycles. The summed E-state index contributed by atoms with van der Waals surface area (Å²) >= 11 is 0. The first-order chi connectivity index (χ1) is 9.86. The van der Waals surface area contributed by atoms with E-state index in [-0.39, 0.29) is 5.69 Å². The van der Waals surface area contributed by atoms with E-state index in [9.17, 15) is 22.4 Å². The number of aryl methyl sites for hydroxylation is 1. The Hall–Kier alpha value is -2.18. The maximum absolute atomic E-state index is 14.0. The van der Waals surface area contributed by atoms with Crippen LogP contribution in [-0.2, 0) is 12.7 Å². The van der Waals surface area contributed by atoms with Crippen molar-refractivity contribution in [1.82, 2.24) is 9.78 Å². The summed E-state index contributed by atoms with van der Waals surface area (Å²) in [5.41, 5.74) is -1.99. The standard InChI is InChI=1S/C14H12F4N2O/c1-2-8-20-11(6-7-19-20)13(21)9-4-3-5-10(12(9)15)14(16,17)18/h3-7H,2,8H2,1H3. The number of nitrogens with zero attached hydrogens (tertiary/aromatic N) is 2. The van der Waals surface area contributed by atoms with Crippen molar-refractivity contribution in [2.45, 2.75) is 26.1 Å². The number of carbonyl (C=O) groups excluding carboxylic acids is 1. The molecule has 0 spiro atoms. The van der Waals surface area contributed by atoms with Gasteiger partial charge in [-0.2, -0.15) is 18.3 Å². The molecule has 0 saturated carbocycles. The number of aromatic nitrogens is 2. The molecule has 0 fully saturated rings. The van der Waals surface area contributed by atoms with Gasteiger partial charge in [0, 0.05) is 12.7 Å². The number of alkyl halides is 3. The van der Waals surface area contributed by atoms with Crippen molar-refractivity contribution < 1.29 is 22.4 Å². The normalized spacial score (nSPS) is 11.7. The Kier molecular flexibility index (Phi) is 4.11. The number of rotatable bonds is 4. The lowest BCUT2D eigenvalue weighted by Crippen LogP contribution is -2.16. The van der Waals surface area contributed by atoms with Crippen LogP contribution in [0.1, 0.15) is 35.0 Å². The maximum atomic E-state index is 14.0. The predicted molar refractivity (Wildman–Crippen MR) is 67.4 cm³/mol. The molecule has 21 heavy (non-hydrogen) atoms. The molecule has 0 aliphatic heterocycles. The van der Waals surface area contributed by atoms with Crippen molar-refractivity contribution in [3.05, 3.63) is 53.1 Å². The van der Waals surface area contributed by atoms with Gasteiger partial charge in [0.05, 0.1) is 11.1 Å². The highest BCUT2D eigenvalue weighted by molar-refractivity contribution is 6.08. The second-order valence-electron chi connectivity index (χ2n) is 4.43. The summed E-state index contributed by atoms with van der Waals surface area (Å²) in [6.07, 6.45) is -2.80. The molecule has 7 heteroatoms. The maximum Gasteiger partial charge on any atom is 0.419 e. The zero-order valence-corrected chi connectivity index (χ0v) is 11.1. The van der Waals surface area contributed by atoms with Crippen LogP contribution in [0.25, 0.3) is 0 Å². The van der Waals surface area contributed by atoms with Crippen molar-refractivity contribution in [3.63, 3.8) is 0 Å². The van der Waals surface area contributed by atoms with Gasteiger partial charge in [0.1, 0.15) is 11.5 Å². The van der Waals surface area contributed by atoms with Crippen LogP contribution in [-0.4, -0.2) is 15.6 Å². The van der Waals surface area contributed by atoms with E-state index < -0.39 is 28.9 Å². The molecule has 0 atom stereocenters. The fourth-order valence-corrected chi connectivity index (χ4v) is 1.98. The number of halogens is 4. The average molecular weight is 300 g/mol. The molecule has 0 bridgehead atoms. The second-order valence-corrected chi connectivity index (χ2v) is 4.43. The summed E-state index contributed by atoms with van der Waals surface area (Å²) in [5.74, 6) is -2.37. The molecular weight excluding hydrogens is 288 g/mol. The van der Waals surface area contributed by atoms with Gasteiger partial charge >= 0.3 is 6.18 Å². The van der Waals surface area contributed by atoms with Gasteiger partial charge in [-0.25, -0.2) is 4.39 Å². The topological polar surface area (TPSA) is 34.9 Å². The van der Waals surface area contributed by atoms with Crippen molar-refractivity contribution in [3.8, 4) is 0 Å². The molecule has 112 valence electrons. The number of ketones is 1. The van der Waals surface area contributed by atoms with E-state index >= 15 is 0 Å². The van der Waals surface area contributed by atoms with Crippen LogP contribution in [0.15, 0.2) is 30.5 Å². The summed E-state index contributed by atoms with van der Waals surface area (Å²) in [6, 6.07) is 4.02. The molecule has 0 unspecified atom stereocenters. The van der Waals surface area contributed by atoms with Crippen molar-refractivity contribution in [2.24, 2.45) is 0 Å². The van der Waals surface area contributed by atoms with Crippen LogP contribution in [0.4, 0.5) is 17.6 Å². The fourth-order valence-electron chi connectivity index (χ4n) is 1.98. The molecule has 1 aromatic heterocycles. The van der Waals surface area contributed by atoms with Crippen molar-refractivity contribution in [2.75, 3.05) is 0 Å². The van der Waals surface area contributed by atoms with E-state index in [0.29, 0.717) is 19.0 Å². The van der Waals surface area contributed by atoms with Crippen LogP contribution in [0, 0.1) is 5.82 Å². The summed E-state index contributed by atoms with van der Waals surface area (Å²) in [7, 11) is 0. The van der Waals surface area contributed by atoms with Gasteiger partial charge in [-0.1, -0.05) is 13.0 Å². The molecule has 0 N–H and O–H groups in total. The lowest BCUT2D eigenvalue weighted by molar-refractivity contribution is -0.140. The second kappa shape index (κ2) is 5.67. The minimum absolute atomic E-state index is 0.0649. The van der Waals surface area contributed by atoms with E-state index in [1.54, 1.807) is 0 Å². The zero-order valence-electron chi connectivity index (χ0n) is 11.1. The predicted octanol–water partition coefficient (Wildman–Crippen LogP) is 3.68. The zero-order chi connectivity index (χ0) is 15.6. The van der Waals surface area contributed by atoms with E-state index in [0.717, 1.165) is 12.1 Å². The highest BCUT2D eigenvalue weighted by Gasteiger charge is 2.36. The first kappa shape index (κ1) is 15.2. The first-order valence-corrected chi connectivity index (χ1v) is 6.28.